The maximum absolute atomic E-state index is 5.79. The van der Waals surface area contributed by atoms with Crippen molar-refractivity contribution in [3.63, 3.8) is 0 Å². The summed E-state index contributed by atoms with van der Waals surface area (Å²) in [6.45, 7) is 4.25. The van der Waals surface area contributed by atoms with E-state index in [-0.39, 0.29) is 0 Å². The molecule has 5 heteroatoms. The van der Waals surface area contributed by atoms with E-state index in [0.717, 1.165) is 22.3 Å². The van der Waals surface area contributed by atoms with Gasteiger partial charge in [-0.3, -0.25) is 4.98 Å². The van der Waals surface area contributed by atoms with Crippen LogP contribution in [0.4, 0.5) is 11.4 Å². The first-order valence-corrected chi connectivity index (χ1v) is 8.76. The van der Waals surface area contributed by atoms with Gasteiger partial charge in [0.05, 0.1) is 11.7 Å². The van der Waals surface area contributed by atoms with Crippen molar-refractivity contribution in [1.82, 2.24) is 15.0 Å². The van der Waals surface area contributed by atoms with Crippen LogP contribution in [0.25, 0.3) is 10.9 Å². The lowest BCUT2D eigenvalue weighted by Gasteiger charge is -2.20. The highest BCUT2D eigenvalue weighted by Crippen LogP contribution is 2.28. The molecule has 0 unspecified atom stereocenters. The number of aryl methyl sites for hydroxylation is 2. The van der Waals surface area contributed by atoms with Crippen molar-refractivity contribution < 1.29 is 4.74 Å². The number of ether oxygens (including phenoxy) is 1. The molecule has 0 atom stereocenters. The minimum Gasteiger partial charge on any atom is -0.424 e. The van der Waals surface area contributed by atoms with E-state index in [2.05, 4.69) is 58.9 Å². The van der Waals surface area contributed by atoms with Crippen LogP contribution in [0.2, 0.25) is 0 Å². The second-order valence-electron chi connectivity index (χ2n) is 6.51. The van der Waals surface area contributed by atoms with Gasteiger partial charge in [0.1, 0.15) is 5.75 Å². The Balaban J connectivity index is 1.53. The Morgan fingerprint density at radius 1 is 0.852 bits per heavy atom. The normalized spacial score (nSPS) is 10.8. The molecule has 4 rings (SSSR count). The van der Waals surface area contributed by atoms with Crippen LogP contribution >= 0.6 is 0 Å². The molecule has 0 saturated heterocycles. The lowest BCUT2D eigenvalue weighted by Crippen LogP contribution is -2.09. The van der Waals surface area contributed by atoms with E-state index in [1.165, 1.54) is 11.1 Å². The molecule has 0 aliphatic carbocycles. The number of rotatable bonds is 4. The van der Waals surface area contributed by atoms with Crippen LogP contribution in [-0.2, 0) is 0 Å². The molecule has 134 valence electrons. The van der Waals surface area contributed by atoms with E-state index in [1.54, 1.807) is 18.6 Å². The zero-order chi connectivity index (χ0) is 18.8. The standard InChI is InChI=1S/C22H20N4O/c1-15-4-5-19(12-16(15)2)26(3)18-6-8-20(9-7-18)27-22-24-13-17-10-11-23-14-21(17)25-22/h4-14H,1-3H3. The SMILES string of the molecule is Cc1ccc(N(C)c2ccc(Oc3ncc4ccncc4n3)cc2)cc1C. The predicted molar refractivity (Wildman–Crippen MR) is 108 cm³/mol. The first-order chi connectivity index (χ1) is 13.1. The Hall–Kier alpha value is -3.47. The number of fused-ring (bicyclic) bond motifs is 1. The van der Waals surface area contributed by atoms with Crippen LogP contribution in [0.5, 0.6) is 11.8 Å². The van der Waals surface area contributed by atoms with E-state index in [4.69, 9.17) is 4.74 Å². The Morgan fingerprint density at radius 2 is 1.63 bits per heavy atom. The van der Waals surface area contributed by atoms with Gasteiger partial charge in [-0.2, -0.15) is 4.98 Å². The maximum atomic E-state index is 5.79. The van der Waals surface area contributed by atoms with Crippen LogP contribution in [0.1, 0.15) is 11.1 Å². The fraction of sp³-hybridized carbons (Fsp3) is 0.136. The van der Waals surface area contributed by atoms with Crippen LogP contribution < -0.4 is 9.64 Å². The van der Waals surface area contributed by atoms with Gasteiger partial charge >= 0.3 is 6.01 Å². The van der Waals surface area contributed by atoms with Crippen molar-refractivity contribution in [2.45, 2.75) is 13.8 Å². The van der Waals surface area contributed by atoms with E-state index in [1.807, 2.05) is 30.3 Å². The molecule has 0 aliphatic rings. The van der Waals surface area contributed by atoms with Crippen molar-refractivity contribution in [2.24, 2.45) is 0 Å². The first-order valence-electron chi connectivity index (χ1n) is 8.76. The number of aromatic nitrogens is 3. The van der Waals surface area contributed by atoms with E-state index in [9.17, 15) is 0 Å². The highest BCUT2D eigenvalue weighted by atomic mass is 16.5. The minimum atomic E-state index is 0.311. The van der Waals surface area contributed by atoms with Crippen LogP contribution in [0, 0.1) is 13.8 Å². The molecule has 0 amide bonds. The second-order valence-corrected chi connectivity index (χ2v) is 6.51. The number of nitrogens with zero attached hydrogens (tertiary/aromatic N) is 4. The monoisotopic (exact) mass is 356 g/mol. The topological polar surface area (TPSA) is 51.1 Å². The third-order valence-electron chi connectivity index (χ3n) is 4.67. The smallest absolute Gasteiger partial charge is 0.322 e. The largest absolute Gasteiger partial charge is 0.424 e. The van der Waals surface area contributed by atoms with Gasteiger partial charge in [-0.25, -0.2) is 4.98 Å². The molecular formula is C22H20N4O. The zero-order valence-corrected chi connectivity index (χ0v) is 15.5. The third kappa shape index (κ3) is 3.58. The molecule has 0 fully saturated rings. The third-order valence-corrected chi connectivity index (χ3v) is 4.67. The van der Waals surface area contributed by atoms with E-state index in [0.29, 0.717) is 11.8 Å². The van der Waals surface area contributed by atoms with Gasteiger partial charge in [-0.05, 0) is 67.4 Å². The minimum absolute atomic E-state index is 0.311. The molecule has 0 spiro atoms. The summed E-state index contributed by atoms with van der Waals surface area (Å²) in [5.41, 5.74) is 5.56. The fourth-order valence-corrected chi connectivity index (χ4v) is 2.83. The summed E-state index contributed by atoms with van der Waals surface area (Å²) < 4.78 is 5.79. The first kappa shape index (κ1) is 17.0. The molecule has 0 bridgehead atoms. The number of anilines is 2. The summed E-state index contributed by atoms with van der Waals surface area (Å²) in [4.78, 5) is 14.9. The average Bonchev–Trinajstić information content (AvgIpc) is 2.70. The van der Waals surface area contributed by atoms with Crippen LogP contribution in [0.15, 0.2) is 67.1 Å². The fourth-order valence-electron chi connectivity index (χ4n) is 2.83. The maximum Gasteiger partial charge on any atom is 0.322 e. The number of hydrogen-bond acceptors (Lipinski definition) is 5. The molecule has 0 aliphatic heterocycles. The molecule has 27 heavy (non-hydrogen) atoms. The summed E-state index contributed by atoms with van der Waals surface area (Å²) in [6, 6.07) is 16.5. The van der Waals surface area contributed by atoms with E-state index >= 15 is 0 Å². The van der Waals surface area contributed by atoms with Gasteiger partial charge < -0.3 is 9.64 Å². The number of hydrogen-bond donors (Lipinski definition) is 0. The van der Waals surface area contributed by atoms with Crippen molar-refractivity contribution in [2.75, 3.05) is 11.9 Å². The number of pyridine rings is 1. The molecule has 2 heterocycles. The molecular weight excluding hydrogens is 336 g/mol. The van der Waals surface area contributed by atoms with Gasteiger partial charge in [0.2, 0.25) is 0 Å². The number of benzene rings is 2. The predicted octanol–water partition coefficient (Wildman–Crippen LogP) is 5.20. The van der Waals surface area contributed by atoms with Crippen molar-refractivity contribution >= 4 is 22.3 Å². The van der Waals surface area contributed by atoms with Crippen LogP contribution in [0.3, 0.4) is 0 Å². The molecule has 0 saturated carbocycles. The molecule has 2 aromatic heterocycles. The Labute approximate surface area is 158 Å². The van der Waals surface area contributed by atoms with Gasteiger partial charge in [0.15, 0.2) is 0 Å². The lowest BCUT2D eigenvalue weighted by molar-refractivity contribution is 0.444. The Bertz CT molecular complexity index is 1090. The van der Waals surface area contributed by atoms with Gasteiger partial charge in [-0.15, -0.1) is 0 Å². The summed E-state index contributed by atoms with van der Waals surface area (Å²) >= 11 is 0. The van der Waals surface area contributed by atoms with Crippen molar-refractivity contribution in [3.8, 4) is 11.8 Å². The molecule has 5 nitrogen and oxygen atoms in total. The Morgan fingerprint density at radius 3 is 2.41 bits per heavy atom. The lowest BCUT2D eigenvalue weighted by atomic mass is 10.1. The van der Waals surface area contributed by atoms with Gasteiger partial charge in [0.25, 0.3) is 0 Å². The van der Waals surface area contributed by atoms with Crippen molar-refractivity contribution in [1.29, 1.82) is 0 Å². The van der Waals surface area contributed by atoms with Gasteiger partial charge in [0, 0.05) is 36.2 Å². The quantitative estimate of drug-likeness (QED) is 0.503. The average molecular weight is 356 g/mol. The van der Waals surface area contributed by atoms with Crippen molar-refractivity contribution in [3.05, 3.63) is 78.2 Å². The highest BCUT2D eigenvalue weighted by molar-refractivity contribution is 5.76. The molecule has 4 aromatic rings. The van der Waals surface area contributed by atoms with E-state index < -0.39 is 0 Å². The van der Waals surface area contributed by atoms with Gasteiger partial charge in [-0.1, -0.05) is 6.07 Å². The zero-order valence-electron chi connectivity index (χ0n) is 15.5. The highest BCUT2D eigenvalue weighted by Gasteiger charge is 2.07. The molecule has 2 aromatic carbocycles. The second kappa shape index (κ2) is 7.03. The molecule has 0 radical (unpaired) electrons. The Kier molecular flexibility index (Phi) is 4.42. The summed E-state index contributed by atoms with van der Waals surface area (Å²) in [5, 5.41) is 0.933. The summed E-state index contributed by atoms with van der Waals surface area (Å²) in [5.74, 6) is 0.690. The summed E-state index contributed by atoms with van der Waals surface area (Å²) in [7, 11) is 2.05. The van der Waals surface area contributed by atoms with Crippen LogP contribution in [-0.4, -0.2) is 22.0 Å². The molecule has 0 N–H and O–H groups in total. The summed E-state index contributed by atoms with van der Waals surface area (Å²) in [6.07, 6.45) is 5.16.